The van der Waals surface area contributed by atoms with Crippen LogP contribution in [0.15, 0.2) is 12.7 Å². The lowest BCUT2D eigenvalue weighted by molar-refractivity contribution is -0.144. The van der Waals surface area contributed by atoms with Crippen LogP contribution in [0.25, 0.3) is 0 Å². The second kappa shape index (κ2) is 5.81. The molecule has 1 fully saturated rings. The second-order valence-corrected chi connectivity index (χ2v) is 3.78. The first-order chi connectivity index (χ1) is 6.72. The van der Waals surface area contributed by atoms with Crippen molar-refractivity contribution in [3.8, 4) is 0 Å². The van der Waals surface area contributed by atoms with Crippen molar-refractivity contribution in [3.63, 3.8) is 0 Å². The molecular weight excluding hydrogens is 180 g/mol. The van der Waals surface area contributed by atoms with Gasteiger partial charge in [0.05, 0.1) is 6.10 Å². The van der Waals surface area contributed by atoms with Crippen LogP contribution in [0.5, 0.6) is 0 Å². The van der Waals surface area contributed by atoms with Gasteiger partial charge in [-0.1, -0.05) is 6.58 Å². The topological polar surface area (TPSA) is 46.5 Å². The van der Waals surface area contributed by atoms with Gasteiger partial charge in [0.25, 0.3) is 0 Å². The summed E-state index contributed by atoms with van der Waals surface area (Å²) in [6.07, 6.45) is 6.27. The first-order valence-electron chi connectivity index (χ1n) is 5.23. The Morgan fingerprint density at radius 1 is 1.29 bits per heavy atom. The number of carbonyl (C=O) groups is 1. The van der Waals surface area contributed by atoms with E-state index >= 15 is 0 Å². The van der Waals surface area contributed by atoms with Crippen LogP contribution in [0, 0.1) is 0 Å². The van der Waals surface area contributed by atoms with Gasteiger partial charge in [0.15, 0.2) is 0 Å². The molecule has 0 unspecified atom stereocenters. The number of carbonyl (C=O) groups excluding carboxylic acids is 1. The van der Waals surface area contributed by atoms with E-state index in [1.54, 1.807) is 0 Å². The summed E-state index contributed by atoms with van der Waals surface area (Å²) in [5, 5.41) is 9.40. The van der Waals surface area contributed by atoms with Crippen molar-refractivity contribution < 1.29 is 14.6 Å². The van der Waals surface area contributed by atoms with E-state index in [9.17, 15) is 9.90 Å². The van der Waals surface area contributed by atoms with Crippen molar-refractivity contribution >= 4 is 5.97 Å². The maximum Gasteiger partial charge on any atom is 0.330 e. The number of rotatable bonds is 2. The van der Waals surface area contributed by atoms with Crippen molar-refractivity contribution in [2.75, 3.05) is 0 Å². The fourth-order valence-corrected chi connectivity index (χ4v) is 1.78. The Hall–Kier alpha value is -0.830. The smallest absolute Gasteiger partial charge is 0.330 e. The van der Waals surface area contributed by atoms with Crippen molar-refractivity contribution in [2.24, 2.45) is 0 Å². The maximum atomic E-state index is 11.0. The van der Waals surface area contributed by atoms with Gasteiger partial charge in [0.2, 0.25) is 0 Å². The van der Waals surface area contributed by atoms with Crippen LogP contribution in [-0.2, 0) is 9.53 Å². The molecule has 0 saturated heterocycles. The molecule has 0 aromatic carbocycles. The zero-order chi connectivity index (χ0) is 10.4. The average molecular weight is 198 g/mol. The Morgan fingerprint density at radius 3 is 2.36 bits per heavy atom. The van der Waals surface area contributed by atoms with E-state index in [0.29, 0.717) is 0 Å². The van der Waals surface area contributed by atoms with Gasteiger partial charge in [0.1, 0.15) is 6.10 Å². The van der Waals surface area contributed by atoms with E-state index in [2.05, 4.69) is 6.58 Å². The molecule has 1 rings (SSSR count). The van der Waals surface area contributed by atoms with E-state index in [-0.39, 0.29) is 18.2 Å². The summed E-state index contributed by atoms with van der Waals surface area (Å²) in [4.78, 5) is 11.0. The van der Waals surface area contributed by atoms with E-state index in [1.807, 2.05) is 0 Å². The second-order valence-electron chi connectivity index (χ2n) is 3.78. The Balaban J connectivity index is 2.31. The maximum absolute atomic E-state index is 11.0. The highest BCUT2D eigenvalue weighted by molar-refractivity contribution is 5.81. The Bertz CT molecular complexity index is 191. The first-order valence-corrected chi connectivity index (χ1v) is 5.23. The number of hydrogen-bond donors (Lipinski definition) is 1. The Kier molecular flexibility index (Phi) is 4.66. The van der Waals surface area contributed by atoms with E-state index in [0.717, 1.165) is 38.5 Å². The molecule has 0 heterocycles. The molecule has 0 atom stereocenters. The Morgan fingerprint density at radius 2 is 1.86 bits per heavy atom. The summed E-state index contributed by atoms with van der Waals surface area (Å²) in [5.74, 6) is -0.337. The van der Waals surface area contributed by atoms with Gasteiger partial charge in [-0.3, -0.25) is 0 Å². The summed E-state index contributed by atoms with van der Waals surface area (Å²) in [5.41, 5.74) is 0. The summed E-state index contributed by atoms with van der Waals surface area (Å²) in [7, 11) is 0. The standard InChI is InChI=1S/C11H18O3/c1-2-11(13)14-10-7-3-5-9(12)6-4-8-10/h2,9-10,12H,1,3-8H2. The Labute approximate surface area is 84.8 Å². The molecule has 80 valence electrons. The van der Waals surface area contributed by atoms with Crippen LogP contribution in [0.4, 0.5) is 0 Å². The fraction of sp³-hybridized carbons (Fsp3) is 0.727. The van der Waals surface area contributed by atoms with Gasteiger partial charge in [0, 0.05) is 6.08 Å². The number of aliphatic hydroxyl groups excluding tert-OH is 1. The number of hydrogen-bond acceptors (Lipinski definition) is 3. The minimum Gasteiger partial charge on any atom is -0.459 e. The third kappa shape index (κ3) is 3.92. The minimum absolute atomic E-state index is 0.0213. The van der Waals surface area contributed by atoms with Crippen LogP contribution in [0.2, 0.25) is 0 Å². The quantitative estimate of drug-likeness (QED) is 0.543. The third-order valence-corrected chi connectivity index (χ3v) is 2.58. The van der Waals surface area contributed by atoms with Crippen LogP contribution >= 0.6 is 0 Å². The first kappa shape index (κ1) is 11.2. The zero-order valence-electron chi connectivity index (χ0n) is 8.45. The molecule has 0 bridgehead atoms. The monoisotopic (exact) mass is 198 g/mol. The van der Waals surface area contributed by atoms with Crippen LogP contribution in [0.1, 0.15) is 38.5 Å². The molecular formula is C11H18O3. The molecule has 0 radical (unpaired) electrons. The van der Waals surface area contributed by atoms with Gasteiger partial charge in [-0.05, 0) is 38.5 Å². The normalized spacial score (nSPS) is 28.6. The molecule has 1 saturated carbocycles. The molecule has 3 nitrogen and oxygen atoms in total. The highest BCUT2D eigenvalue weighted by Gasteiger charge is 2.17. The zero-order valence-corrected chi connectivity index (χ0v) is 8.45. The SMILES string of the molecule is C=CC(=O)OC1CCCC(O)CCC1. The lowest BCUT2D eigenvalue weighted by atomic mass is 9.97. The molecule has 1 N–H and O–H groups in total. The molecule has 1 aliphatic carbocycles. The number of esters is 1. The summed E-state index contributed by atoms with van der Waals surface area (Å²) >= 11 is 0. The van der Waals surface area contributed by atoms with E-state index < -0.39 is 0 Å². The molecule has 3 heteroatoms. The molecule has 0 spiro atoms. The summed E-state index contributed by atoms with van der Waals surface area (Å²) in [6.45, 7) is 3.37. The van der Waals surface area contributed by atoms with Gasteiger partial charge in [-0.2, -0.15) is 0 Å². The lowest BCUT2D eigenvalue weighted by Crippen LogP contribution is -2.21. The molecule has 0 amide bonds. The summed E-state index contributed by atoms with van der Waals surface area (Å²) < 4.78 is 5.17. The lowest BCUT2D eigenvalue weighted by Gasteiger charge is -2.21. The molecule has 0 aliphatic heterocycles. The molecule has 0 aromatic heterocycles. The van der Waals surface area contributed by atoms with Crippen LogP contribution < -0.4 is 0 Å². The fourth-order valence-electron chi connectivity index (χ4n) is 1.78. The van der Waals surface area contributed by atoms with Gasteiger partial charge in [-0.25, -0.2) is 4.79 Å². The number of ether oxygens (including phenoxy) is 1. The van der Waals surface area contributed by atoms with Crippen molar-refractivity contribution in [1.29, 1.82) is 0 Å². The average Bonchev–Trinajstić information content (AvgIpc) is 2.14. The van der Waals surface area contributed by atoms with Crippen molar-refractivity contribution in [2.45, 2.75) is 50.7 Å². The van der Waals surface area contributed by atoms with Gasteiger partial charge >= 0.3 is 5.97 Å². The minimum atomic E-state index is -0.337. The predicted octanol–water partition coefficient (Wildman–Crippen LogP) is 1.80. The van der Waals surface area contributed by atoms with E-state index in [1.165, 1.54) is 6.08 Å². The van der Waals surface area contributed by atoms with Crippen LogP contribution in [0.3, 0.4) is 0 Å². The predicted molar refractivity (Wildman–Crippen MR) is 53.8 cm³/mol. The van der Waals surface area contributed by atoms with Crippen LogP contribution in [-0.4, -0.2) is 23.3 Å². The largest absolute Gasteiger partial charge is 0.459 e. The van der Waals surface area contributed by atoms with Gasteiger partial charge < -0.3 is 9.84 Å². The molecule has 14 heavy (non-hydrogen) atoms. The molecule has 1 aliphatic rings. The third-order valence-electron chi connectivity index (χ3n) is 2.58. The van der Waals surface area contributed by atoms with E-state index in [4.69, 9.17) is 4.74 Å². The molecule has 0 aromatic rings. The van der Waals surface area contributed by atoms with Crippen molar-refractivity contribution in [3.05, 3.63) is 12.7 Å². The number of aliphatic hydroxyl groups is 1. The summed E-state index contributed by atoms with van der Waals surface area (Å²) in [6, 6.07) is 0. The highest BCUT2D eigenvalue weighted by atomic mass is 16.5. The highest BCUT2D eigenvalue weighted by Crippen LogP contribution is 2.20. The van der Waals surface area contributed by atoms with Gasteiger partial charge in [-0.15, -0.1) is 0 Å². The van der Waals surface area contributed by atoms with Crippen molar-refractivity contribution in [1.82, 2.24) is 0 Å².